The molecule has 1 aromatic rings. The fourth-order valence-corrected chi connectivity index (χ4v) is 2.01. The zero-order valence-electron chi connectivity index (χ0n) is 8.18. The number of hydrogen-bond acceptors (Lipinski definition) is 2. The molecule has 0 amide bonds. The second kappa shape index (κ2) is 4.87. The van der Waals surface area contributed by atoms with E-state index in [2.05, 4.69) is 4.74 Å². The van der Waals surface area contributed by atoms with Crippen LogP contribution in [0.2, 0.25) is 0 Å². The van der Waals surface area contributed by atoms with Crippen molar-refractivity contribution in [3.05, 3.63) is 26.8 Å². The summed E-state index contributed by atoms with van der Waals surface area (Å²) in [6, 6.07) is 3.03. The molecule has 0 radical (unpaired) electrons. The summed E-state index contributed by atoms with van der Waals surface area (Å²) in [7, 11) is 0. The summed E-state index contributed by atoms with van der Waals surface area (Å²) in [5.41, 5.74) is 1.08. The molecule has 1 aromatic carbocycles. The van der Waals surface area contributed by atoms with E-state index in [1.165, 1.54) is 13.0 Å². The third-order valence-electron chi connectivity index (χ3n) is 1.86. The van der Waals surface area contributed by atoms with Gasteiger partial charge in [0.05, 0.1) is 5.56 Å². The molecule has 0 atom stereocenters. The molecule has 0 bridgehead atoms. The zero-order valence-corrected chi connectivity index (χ0v) is 10.3. The summed E-state index contributed by atoms with van der Waals surface area (Å²) in [6.07, 6.45) is 0. The molecule has 0 aromatic heterocycles. The van der Waals surface area contributed by atoms with Gasteiger partial charge in [0.15, 0.2) is 5.78 Å². The van der Waals surface area contributed by atoms with Crippen LogP contribution >= 0.6 is 22.6 Å². The van der Waals surface area contributed by atoms with Gasteiger partial charge >= 0.3 is 6.61 Å². The first-order chi connectivity index (χ1) is 6.93. The highest BCUT2D eigenvalue weighted by atomic mass is 127. The molecule has 0 aliphatic carbocycles. The highest BCUT2D eigenvalue weighted by Gasteiger charge is 2.17. The van der Waals surface area contributed by atoms with E-state index in [1.54, 1.807) is 13.0 Å². The summed E-state index contributed by atoms with van der Waals surface area (Å²) in [5.74, 6) is -0.341. The molecule has 2 nitrogen and oxygen atoms in total. The van der Waals surface area contributed by atoms with Crippen LogP contribution in [0.15, 0.2) is 12.1 Å². The van der Waals surface area contributed by atoms with Gasteiger partial charge < -0.3 is 4.74 Å². The molecular formula is C10H9F2IO2. The van der Waals surface area contributed by atoms with Crippen molar-refractivity contribution in [2.45, 2.75) is 20.5 Å². The highest BCUT2D eigenvalue weighted by molar-refractivity contribution is 14.1. The van der Waals surface area contributed by atoms with Gasteiger partial charge in [-0.15, -0.1) is 0 Å². The molecule has 0 fully saturated rings. The molecule has 0 saturated heterocycles. The van der Waals surface area contributed by atoms with Gasteiger partial charge in [0.1, 0.15) is 5.75 Å². The molecule has 0 heterocycles. The average molecular weight is 326 g/mol. The number of aryl methyl sites for hydroxylation is 1. The first kappa shape index (κ1) is 12.4. The third-order valence-corrected chi connectivity index (χ3v) is 3.26. The molecule has 0 aliphatic heterocycles. The van der Waals surface area contributed by atoms with Crippen LogP contribution < -0.4 is 4.74 Å². The molecule has 0 spiro atoms. The van der Waals surface area contributed by atoms with Gasteiger partial charge in [0.2, 0.25) is 0 Å². The molecule has 5 heteroatoms. The summed E-state index contributed by atoms with van der Waals surface area (Å²) in [4.78, 5) is 11.3. The summed E-state index contributed by atoms with van der Waals surface area (Å²) < 4.78 is 29.1. The number of ether oxygens (including phenoxy) is 1. The summed E-state index contributed by atoms with van der Waals surface area (Å²) in [5, 5.41) is 0. The lowest BCUT2D eigenvalue weighted by molar-refractivity contribution is -0.0501. The van der Waals surface area contributed by atoms with Crippen LogP contribution in [0.25, 0.3) is 0 Å². The lowest BCUT2D eigenvalue weighted by Crippen LogP contribution is -2.08. The lowest BCUT2D eigenvalue weighted by Gasteiger charge is -2.11. The first-order valence-electron chi connectivity index (χ1n) is 4.18. The van der Waals surface area contributed by atoms with Crippen molar-refractivity contribution in [3.8, 4) is 5.75 Å². The largest absolute Gasteiger partial charge is 0.434 e. The second-order valence-electron chi connectivity index (χ2n) is 3.00. The van der Waals surface area contributed by atoms with E-state index >= 15 is 0 Å². The van der Waals surface area contributed by atoms with Gasteiger partial charge in [-0.3, -0.25) is 4.79 Å². The number of alkyl halides is 2. The Hall–Kier alpha value is -0.720. The monoisotopic (exact) mass is 326 g/mol. The van der Waals surface area contributed by atoms with E-state index in [0.29, 0.717) is 3.57 Å². The number of carbonyl (C=O) groups is 1. The smallest absolute Gasteiger partial charge is 0.387 e. The van der Waals surface area contributed by atoms with Gasteiger partial charge in [-0.1, -0.05) is 6.07 Å². The van der Waals surface area contributed by atoms with Crippen molar-refractivity contribution in [1.29, 1.82) is 0 Å². The van der Waals surface area contributed by atoms with Crippen LogP contribution in [0.5, 0.6) is 5.75 Å². The van der Waals surface area contributed by atoms with Crippen molar-refractivity contribution in [2.24, 2.45) is 0 Å². The van der Waals surface area contributed by atoms with Crippen molar-refractivity contribution >= 4 is 28.4 Å². The van der Waals surface area contributed by atoms with Crippen LogP contribution in [0.3, 0.4) is 0 Å². The molecule has 82 valence electrons. The van der Waals surface area contributed by atoms with Crippen molar-refractivity contribution in [1.82, 2.24) is 0 Å². The maximum absolute atomic E-state index is 12.1. The Morgan fingerprint density at radius 1 is 1.47 bits per heavy atom. The second-order valence-corrected chi connectivity index (χ2v) is 4.08. The number of benzene rings is 1. The van der Waals surface area contributed by atoms with Gasteiger partial charge in [-0.2, -0.15) is 8.78 Å². The van der Waals surface area contributed by atoms with Crippen LogP contribution in [0.1, 0.15) is 22.8 Å². The van der Waals surface area contributed by atoms with Crippen LogP contribution in [-0.2, 0) is 0 Å². The predicted molar refractivity (Wildman–Crippen MR) is 60.5 cm³/mol. The molecule has 0 aliphatic rings. The molecule has 0 unspecified atom stereocenters. The number of halogens is 3. The minimum atomic E-state index is -2.92. The molecule has 15 heavy (non-hydrogen) atoms. The molecular weight excluding hydrogens is 317 g/mol. The third kappa shape index (κ3) is 2.87. The Bertz CT molecular complexity index is 391. The topological polar surface area (TPSA) is 26.3 Å². The Morgan fingerprint density at radius 2 is 2.07 bits per heavy atom. The number of hydrogen-bond donors (Lipinski definition) is 0. The Balaban J connectivity index is 3.27. The number of rotatable bonds is 3. The highest BCUT2D eigenvalue weighted by Crippen LogP contribution is 2.28. The number of Topliss-reactive ketones (excluding diaryl/α,β-unsaturated/α-hetero) is 1. The minimum absolute atomic E-state index is 0.0625. The summed E-state index contributed by atoms with van der Waals surface area (Å²) >= 11 is 1.95. The average Bonchev–Trinajstić information content (AvgIpc) is 2.10. The zero-order chi connectivity index (χ0) is 11.6. The Labute approximate surface area is 99.8 Å². The quantitative estimate of drug-likeness (QED) is 0.629. The fraction of sp³-hybridized carbons (Fsp3) is 0.300. The maximum Gasteiger partial charge on any atom is 0.387 e. The SMILES string of the molecule is CC(=O)c1c(OC(F)F)ccc(C)c1I. The van der Waals surface area contributed by atoms with E-state index in [1.807, 2.05) is 22.6 Å². The lowest BCUT2D eigenvalue weighted by atomic mass is 10.1. The number of ketones is 1. The van der Waals surface area contributed by atoms with Gasteiger partial charge in [-0.05, 0) is 48.1 Å². The van der Waals surface area contributed by atoms with E-state index in [0.717, 1.165) is 5.56 Å². The number of carbonyl (C=O) groups excluding carboxylic acids is 1. The normalized spacial score (nSPS) is 10.5. The van der Waals surface area contributed by atoms with Gasteiger partial charge in [0.25, 0.3) is 0 Å². The predicted octanol–water partition coefficient (Wildman–Crippen LogP) is 3.40. The van der Waals surface area contributed by atoms with Crippen molar-refractivity contribution in [3.63, 3.8) is 0 Å². The maximum atomic E-state index is 12.1. The standard InChI is InChI=1S/C10H9F2IO2/c1-5-3-4-7(15-10(11)12)8(6(2)14)9(5)13/h3-4,10H,1-2H3. The molecule has 0 saturated carbocycles. The van der Waals surface area contributed by atoms with Crippen LogP contribution in [-0.4, -0.2) is 12.4 Å². The molecule has 1 rings (SSSR count). The van der Waals surface area contributed by atoms with Crippen molar-refractivity contribution in [2.75, 3.05) is 0 Å². The Kier molecular flexibility index (Phi) is 4.01. The van der Waals surface area contributed by atoms with Gasteiger partial charge in [0, 0.05) is 3.57 Å². The van der Waals surface area contributed by atoms with E-state index in [4.69, 9.17) is 0 Å². The van der Waals surface area contributed by atoms with Crippen molar-refractivity contribution < 1.29 is 18.3 Å². The minimum Gasteiger partial charge on any atom is -0.434 e. The van der Waals surface area contributed by atoms with Crippen LogP contribution in [0, 0.1) is 10.5 Å². The van der Waals surface area contributed by atoms with E-state index in [-0.39, 0.29) is 17.1 Å². The van der Waals surface area contributed by atoms with Crippen LogP contribution in [0.4, 0.5) is 8.78 Å². The van der Waals surface area contributed by atoms with Gasteiger partial charge in [-0.25, -0.2) is 0 Å². The van der Waals surface area contributed by atoms with E-state index < -0.39 is 6.61 Å². The first-order valence-corrected chi connectivity index (χ1v) is 5.26. The summed E-state index contributed by atoms with van der Waals surface area (Å²) in [6.45, 7) is 0.219. The molecule has 0 N–H and O–H groups in total. The fourth-order valence-electron chi connectivity index (χ4n) is 1.18. The Morgan fingerprint density at radius 3 is 2.53 bits per heavy atom. The van der Waals surface area contributed by atoms with E-state index in [9.17, 15) is 13.6 Å².